The molecule has 220 valence electrons. The fourth-order valence-electron chi connectivity index (χ4n) is 3.88. The minimum absolute atomic E-state index is 0.107. The van der Waals surface area contributed by atoms with Gasteiger partial charge in [0.25, 0.3) is 0 Å². The highest BCUT2D eigenvalue weighted by molar-refractivity contribution is 8.08. The van der Waals surface area contributed by atoms with Crippen LogP contribution in [-0.4, -0.2) is 164 Å². The fraction of sp³-hybridized carbons (Fsp3) is 0.682. The predicted molar refractivity (Wildman–Crippen MR) is 138 cm³/mol. The van der Waals surface area contributed by atoms with Crippen LogP contribution in [0.5, 0.6) is 0 Å². The Bertz CT molecular complexity index is 924. The lowest BCUT2D eigenvalue weighted by Gasteiger charge is -2.31. The number of rotatable bonds is 14. The van der Waals surface area contributed by atoms with Crippen LogP contribution in [0, 0.1) is 0 Å². The molecule has 1 unspecified atom stereocenters. The number of carbonyl (C=O) groups excluding carboxylic acids is 1. The van der Waals surface area contributed by atoms with Gasteiger partial charge in [0.15, 0.2) is 5.06 Å². The van der Waals surface area contributed by atoms with Crippen LogP contribution in [0.4, 0.5) is 0 Å². The lowest BCUT2D eigenvalue weighted by molar-refractivity contribution is -0.140. The number of carboxylic acid groups (broad SMARTS) is 4. The van der Waals surface area contributed by atoms with Crippen molar-refractivity contribution in [2.45, 2.75) is 16.7 Å². The molecule has 0 aromatic heterocycles. The molecule has 1 fully saturated rings. The maximum atomic E-state index is 12.6. The molecule has 0 bridgehead atoms. The van der Waals surface area contributed by atoms with Gasteiger partial charge in [-0.3, -0.25) is 39.1 Å². The van der Waals surface area contributed by atoms with Crippen LogP contribution in [-0.2, 0) is 24.0 Å². The monoisotopic (exact) mass is 576 g/mol. The van der Waals surface area contributed by atoms with Crippen molar-refractivity contribution in [3.05, 3.63) is 12.4 Å². The number of carbonyl (C=O) groups is 5. The maximum absolute atomic E-state index is 12.6. The van der Waals surface area contributed by atoms with Crippen molar-refractivity contribution in [2.75, 3.05) is 78.5 Å². The van der Waals surface area contributed by atoms with Gasteiger partial charge in [0, 0.05) is 64.8 Å². The number of amides is 1. The Morgan fingerprint density at radius 1 is 0.718 bits per heavy atom. The average molecular weight is 577 g/mol. The fourth-order valence-corrected chi connectivity index (χ4v) is 4.82. The lowest BCUT2D eigenvalue weighted by atomic mass is 10.3. The molecule has 16 nitrogen and oxygen atoms in total. The molecule has 17 heteroatoms. The Hall–Kier alpha value is -3.12. The van der Waals surface area contributed by atoms with Crippen LogP contribution in [0.15, 0.2) is 12.4 Å². The first-order valence-corrected chi connectivity index (χ1v) is 13.1. The number of aliphatic hydroxyl groups is 1. The Morgan fingerprint density at radius 2 is 1.21 bits per heavy atom. The number of hydrogen-bond acceptors (Lipinski definition) is 12. The summed E-state index contributed by atoms with van der Waals surface area (Å²) in [7, 11) is 0. The standard InChI is InChI=1S/C22H36N6O10S/c29-17(23-1-2-24-22(38)16(39-22)11-18(30)31)12-25-3-5-26(13-19(32)33)7-9-28(15-21(36)37)10-8-27(6-4-25)14-20(34)35/h3,5,16,24,38H,1-2,4,6-15H2,(H,23,29)(H,30,31)(H,32,33)(H,34,35)(H,36,37)/b5-3-/t16?,22-/m0/s1. The molecule has 1 saturated heterocycles. The second-order valence-electron chi connectivity index (χ2n) is 9.15. The quantitative estimate of drug-likeness (QED) is 0.0617. The van der Waals surface area contributed by atoms with E-state index in [2.05, 4.69) is 10.6 Å². The molecule has 2 aliphatic rings. The third-order valence-electron chi connectivity index (χ3n) is 5.92. The highest BCUT2D eigenvalue weighted by Crippen LogP contribution is 2.50. The van der Waals surface area contributed by atoms with Gasteiger partial charge in [-0.2, -0.15) is 0 Å². The number of thioether (sulfide) groups is 1. The van der Waals surface area contributed by atoms with Crippen LogP contribution in [0.3, 0.4) is 0 Å². The Balaban J connectivity index is 1.99. The minimum Gasteiger partial charge on any atom is -0.481 e. The van der Waals surface area contributed by atoms with Gasteiger partial charge in [0.1, 0.15) is 6.54 Å². The molecule has 0 aliphatic carbocycles. The third kappa shape index (κ3) is 13.0. The van der Waals surface area contributed by atoms with E-state index < -0.39 is 34.2 Å². The van der Waals surface area contributed by atoms with E-state index in [9.17, 15) is 44.4 Å². The van der Waals surface area contributed by atoms with Crippen LogP contribution in [0.2, 0.25) is 0 Å². The zero-order valence-corrected chi connectivity index (χ0v) is 22.2. The molecule has 0 saturated carbocycles. The molecule has 0 aromatic rings. The number of nitrogens with zero attached hydrogens (tertiary/aromatic N) is 4. The van der Waals surface area contributed by atoms with Gasteiger partial charge in [-0.05, 0) is 0 Å². The molecule has 2 atom stereocenters. The van der Waals surface area contributed by atoms with E-state index in [0.717, 1.165) is 11.8 Å². The molecule has 1 amide bonds. The van der Waals surface area contributed by atoms with Crippen LogP contribution >= 0.6 is 11.8 Å². The predicted octanol–water partition coefficient (Wildman–Crippen LogP) is -3.12. The van der Waals surface area contributed by atoms with E-state index in [1.54, 1.807) is 20.9 Å². The number of aliphatic carboxylic acids is 4. The highest BCUT2D eigenvalue weighted by atomic mass is 32.2. The smallest absolute Gasteiger partial charge is 0.323 e. The van der Waals surface area contributed by atoms with E-state index >= 15 is 0 Å². The highest BCUT2D eigenvalue weighted by Gasteiger charge is 2.55. The molecule has 0 radical (unpaired) electrons. The number of hydrogen-bond donors (Lipinski definition) is 7. The first-order chi connectivity index (χ1) is 18.4. The van der Waals surface area contributed by atoms with Gasteiger partial charge >= 0.3 is 23.9 Å². The van der Waals surface area contributed by atoms with Gasteiger partial charge in [-0.25, -0.2) is 0 Å². The summed E-state index contributed by atoms with van der Waals surface area (Å²) in [5, 5.41) is 50.4. The summed E-state index contributed by atoms with van der Waals surface area (Å²) in [4.78, 5) is 63.6. The topological polar surface area (TPSA) is 224 Å². The van der Waals surface area contributed by atoms with Gasteiger partial charge in [0.05, 0.1) is 31.3 Å². The molecule has 2 heterocycles. The molecular formula is C22H36N6O10S. The van der Waals surface area contributed by atoms with Crippen molar-refractivity contribution in [2.24, 2.45) is 0 Å². The normalized spacial score (nSPS) is 23.8. The zero-order valence-electron chi connectivity index (χ0n) is 21.4. The first-order valence-electron chi connectivity index (χ1n) is 12.3. The molecule has 2 aliphatic heterocycles. The van der Waals surface area contributed by atoms with Gasteiger partial charge in [0.2, 0.25) is 5.91 Å². The van der Waals surface area contributed by atoms with E-state index in [1.165, 1.54) is 11.1 Å². The summed E-state index contributed by atoms with van der Waals surface area (Å²) in [5.74, 6) is -4.56. The van der Waals surface area contributed by atoms with Gasteiger partial charge in [-0.15, -0.1) is 11.8 Å². The van der Waals surface area contributed by atoms with Crippen LogP contribution < -0.4 is 10.6 Å². The summed E-state index contributed by atoms with van der Waals surface area (Å²) >= 11 is 1.09. The number of nitrogens with one attached hydrogen (secondary N) is 2. The van der Waals surface area contributed by atoms with Crippen LogP contribution in [0.25, 0.3) is 0 Å². The molecular weight excluding hydrogens is 540 g/mol. The van der Waals surface area contributed by atoms with E-state index in [0.29, 0.717) is 0 Å². The Kier molecular flexibility index (Phi) is 12.7. The molecule has 0 spiro atoms. The SMILES string of the molecule is O=C(O)CC1S[C@]1(O)NCCNC(=O)CN1/C=C\N(CC(=O)O)CCN(CC(=O)O)CCN(CC(=O)O)CC1. The second-order valence-corrected chi connectivity index (χ2v) is 10.6. The molecule has 7 N–H and O–H groups in total. The van der Waals surface area contributed by atoms with Crippen molar-refractivity contribution >= 4 is 41.5 Å². The minimum atomic E-state index is -1.33. The van der Waals surface area contributed by atoms with Crippen molar-refractivity contribution < 1.29 is 49.5 Å². The maximum Gasteiger partial charge on any atom is 0.323 e. The largest absolute Gasteiger partial charge is 0.481 e. The van der Waals surface area contributed by atoms with E-state index in [4.69, 9.17) is 5.11 Å². The van der Waals surface area contributed by atoms with Crippen molar-refractivity contribution in [3.8, 4) is 0 Å². The zero-order chi connectivity index (χ0) is 29.0. The van der Waals surface area contributed by atoms with Crippen molar-refractivity contribution in [1.82, 2.24) is 30.2 Å². The summed E-state index contributed by atoms with van der Waals surface area (Å²) in [6, 6.07) is 0. The summed E-state index contributed by atoms with van der Waals surface area (Å²) < 4.78 is 0. The number of carboxylic acids is 4. The summed E-state index contributed by atoms with van der Waals surface area (Å²) in [6.45, 7) is 0.815. The molecule has 39 heavy (non-hydrogen) atoms. The molecule has 2 rings (SSSR count). The Labute approximate surface area is 229 Å². The first kappa shape index (κ1) is 32.1. The van der Waals surface area contributed by atoms with Crippen LogP contribution in [0.1, 0.15) is 6.42 Å². The van der Waals surface area contributed by atoms with Crippen molar-refractivity contribution in [3.63, 3.8) is 0 Å². The molecule has 0 aromatic carbocycles. The van der Waals surface area contributed by atoms with E-state index in [-0.39, 0.29) is 90.9 Å². The Morgan fingerprint density at radius 3 is 1.69 bits per heavy atom. The van der Waals surface area contributed by atoms with Crippen molar-refractivity contribution in [1.29, 1.82) is 0 Å². The summed E-state index contributed by atoms with van der Waals surface area (Å²) in [6.07, 6.45) is 2.87. The lowest BCUT2D eigenvalue weighted by Crippen LogP contribution is -2.46. The van der Waals surface area contributed by atoms with Gasteiger partial charge < -0.3 is 40.6 Å². The van der Waals surface area contributed by atoms with E-state index in [1.807, 2.05) is 0 Å². The van der Waals surface area contributed by atoms with Gasteiger partial charge in [-0.1, -0.05) is 0 Å². The summed E-state index contributed by atoms with van der Waals surface area (Å²) in [5.41, 5.74) is 0. The third-order valence-corrected chi connectivity index (χ3v) is 7.24. The second kappa shape index (κ2) is 15.5. The average Bonchev–Trinajstić information content (AvgIpc) is 3.45.